The van der Waals surface area contributed by atoms with Gasteiger partial charge in [-0.1, -0.05) is 12.1 Å². The third-order valence-corrected chi connectivity index (χ3v) is 6.40. The first-order valence-corrected chi connectivity index (χ1v) is 10.4. The summed E-state index contributed by atoms with van der Waals surface area (Å²) in [6, 6.07) is 9.97. The van der Waals surface area contributed by atoms with Crippen LogP contribution in [0.2, 0.25) is 0 Å². The van der Waals surface area contributed by atoms with Crippen molar-refractivity contribution >= 4 is 11.5 Å². The molecule has 3 aliphatic heterocycles. The lowest BCUT2D eigenvalue weighted by Crippen LogP contribution is -2.61. The van der Waals surface area contributed by atoms with E-state index in [0.29, 0.717) is 17.3 Å². The van der Waals surface area contributed by atoms with E-state index in [1.54, 1.807) is 6.07 Å². The predicted molar refractivity (Wildman–Crippen MR) is 111 cm³/mol. The number of nitrogens with zero attached hydrogens (tertiary/aromatic N) is 3. The molecule has 0 saturated carbocycles. The first-order valence-electron chi connectivity index (χ1n) is 10.4. The second-order valence-corrected chi connectivity index (χ2v) is 8.32. The largest absolute Gasteiger partial charge is 0.507 e. The molecular weight excluding hydrogens is 352 g/mol. The number of piperidine rings is 2. The summed E-state index contributed by atoms with van der Waals surface area (Å²) < 4.78 is 0. The number of phenols is 1. The number of hydrogen-bond acceptors (Lipinski definition) is 7. The van der Waals surface area contributed by atoms with E-state index >= 15 is 0 Å². The van der Waals surface area contributed by atoms with Gasteiger partial charge in [0, 0.05) is 24.7 Å². The molecule has 0 aliphatic carbocycles. The lowest BCUT2D eigenvalue weighted by molar-refractivity contribution is 0.0985. The Kier molecular flexibility index (Phi) is 4.56. The van der Waals surface area contributed by atoms with E-state index in [0.717, 1.165) is 44.1 Å². The summed E-state index contributed by atoms with van der Waals surface area (Å²) in [6.45, 7) is 5.37. The van der Waals surface area contributed by atoms with Gasteiger partial charge in [0.15, 0.2) is 5.82 Å². The highest BCUT2D eigenvalue weighted by Gasteiger charge is 2.40. The van der Waals surface area contributed by atoms with Crippen LogP contribution in [0.5, 0.6) is 5.75 Å². The molecule has 0 radical (unpaired) electrons. The minimum atomic E-state index is 0.0230. The third kappa shape index (κ3) is 3.29. The second kappa shape index (κ2) is 7.22. The van der Waals surface area contributed by atoms with Crippen molar-refractivity contribution in [2.45, 2.75) is 37.3 Å². The van der Waals surface area contributed by atoms with Crippen LogP contribution in [0.3, 0.4) is 0 Å². The molecule has 2 fully saturated rings. The van der Waals surface area contributed by atoms with E-state index in [2.05, 4.69) is 31.0 Å². The fourth-order valence-electron chi connectivity index (χ4n) is 4.92. The van der Waals surface area contributed by atoms with Gasteiger partial charge in [-0.05, 0) is 63.5 Å². The summed E-state index contributed by atoms with van der Waals surface area (Å²) in [7, 11) is 0. The van der Waals surface area contributed by atoms with Crippen molar-refractivity contribution in [1.82, 2.24) is 20.4 Å². The number of benzene rings is 1. The standard InChI is InChI=1S/C21H28N6O/c28-19-5-2-1-4-16(19)17-12-18-20(26-25-17)23-13-21(24-18)8-3-11-27(14-21)15-6-9-22-10-7-15/h1-2,4-5,12,15,22,24,28H,3,6-11,13-14H2,(H,23,26). The number of nitrogens with one attached hydrogen (secondary N) is 3. The van der Waals surface area contributed by atoms with Crippen LogP contribution in [-0.4, -0.2) is 64.5 Å². The van der Waals surface area contributed by atoms with Crippen LogP contribution in [0.1, 0.15) is 25.7 Å². The number of likely N-dealkylation sites (tertiary alicyclic amines) is 1. The Morgan fingerprint density at radius 3 is 2.86 bits per heavy atom. The van der Waals surface area contributed by atoms with Gasteiger partial charge >= 0.3 is 0 Å². The molecule has 0 bridgehead atoms. The van der Waals surface area contributed by atoms with Crippen LogP contribution < -0.4 is 16.0 Å². The topological polar surface area (TPSA) is 85.3 Å². The average Bonchev–Trinajstić information content (AvgIpc) is 2.74. The molecule has 1 atom stereocenters. The van der Waals surface area contributed by atoms with E-state index in [9.17, 15) is 5.11 Å². The number of phenolic OH excluding ortho intramolecular Hbond substituents is 1. The zero-order chi connectivity index (χ0) is 19.0. The van der Waals surface area contributed by atoms with Crippen molar-refractivity contribution < 1.29 is 5.11 Å². The lowest BCUT2D eigenvalue weighted by atomic mass is 9.85. The van der Waals surface area contributed by atoms with Crippen molar-refractivity contribution in [3.05, 3.63) is 30.3 Å². The summed E-state index contributed by atoms with van der Waals surface area (Å²) in [5, 5.41) is 29.6. The number of hydrogen-bond donors (Lipinski definition) is 4. The Morgan fingerprint density at radius 1 is 1.14 bits per heavy atom. The molecule has 3 aliphatic rings. The van der Waals surface area contributed by atoms with E-state index in [1.165, 1.54) is 25.8 Å². The quantitative estimate of drug-likeness (QED) is 0.636. The first kappa shape index (κ1) is 17.7. The van der Waals surface area contributed by atoms with Crippen molar-refractivity contribution in [3.8, 4) is 17.0 Å². The molecule has 4 heterocycles. The van der Waals surface area contributed by atoms with Crippen LogP contribution in [-0.2, 0) is 0 Å². The van der Waals surface area contributed by atoms with E-state index in [4.69, 9.17) is 0 Å². The van der Waals surface area contributed by atoms with Gasteiger partial charge in [0.05, 0.1) is 16.9 Å². The highest BCUT2D eigenvalue weighted by Crippen LogP contribution is 2.37. The molecule has 0 amide bonds. The normalized spacial score (nSPS) is 25.7. The van der Waals surface area contributed by atoms with Gasteiger partial charge in [0.25, 0.3) is 0 Å². The predicted octanol–water partition coefficient (Wildman–Crippen LogP) is 2.27. The highest BCUT2D eigenvalue weighted by atomic mass is 16.3. The summed E-state index contributed by atoms with van der Waals surface area (Å²) in [4.78, 5) is 2.68. The fourth-order valence-corrected chi connectivity index (χ4v) is 4.92. The molecule has 4 N–H and O–H groups in total. The molecule has 1 aromatic heterocycles. The van der Waals surface area contributed by atoms with Crippen molar-refractivity contribution in [1.29, 1.82) is 0 Å². The number of para-hydroxylation sites is 1. The smallest absolute Gasteiger partial charge is 0.172 e. The summed E-state index contributed by atoms with van der Waals surface area (Å²) in [5.41, 5.74) is 2.40. The minimum absolute atomic E-state index is 0.0230. The first-order chi connectivity index (χ1) is 13.7. The minimum Gasteiger partial charge on any atom is -0.507 e. The highest BCUT2D eigenvalue weighted by molar-refractivity contribution is 5.76. The molecule has 7 nitrogen and oxygen atoms in total. The zero-order valence-electron chi connectivity index (χ0n) is 16.1. The van der Waals surface area contributed by atoms with E-state index < -0.39 is 0 Å². The number of rotatable bonds is 2. The van der Waals surface area contributed by atoms with Crippen LogP contribution in [0.25, 0.3) is 11.3 Å². The van der Waals surface area contributed by atoms with Gasteiger partial charge in [-0.3, -0.25) is 4.90 Å². The van der Waals surface area contributed by atoms with Crippen molar-refractivity contribution in [2.75, 3.05) is 43.4 Å². The van der Waals surface area contributed by atoms with E-state index in [-0.39, 0.29) is 11.3 Å². The molecule has 1 aromatic carbocycles. The van der Waals surface area contributed by atoms with Gasteiger partial charge in [-0.15, -0.1) is 10.2 Å². The zero-order valence-corrected chi connectivity index (χ0v) is 16.1. The van der Waals surface area contributed by atoms with Gasteiger partial charge in [-0.25, -0.2) is 0 Å². The molecule has 2 aromatic rings. The maximum Gasteiger partial charge on any atom is 0.172 e. The molecule has 7 heteroatoms. The number of aromatic hydroxyl groups is 1. The Labute approximate surface area is 165 Å². The van der Waals surface area contributed by atoms with Crippen molar-refractivity contribution in [3.63, 3.8) is 0 Å². The molecule has 1 spiro atoms. The third-order valence-electron chi connectivity index (χ3n) is 6.40. The average molecular weight is 380 g/mol. The molecule has 1 unspecified atom stereocenters. The molecular formula is C21H28N6O. The Bertz CT molecular complexity index is 853. The molecule has 148 valence electrons. The second-order valence-electron chi connectivity index (χ2n) is 8.32. The summed E-state index contributed by atoms with van der Waals surface area (Å²) in [5.74, 6) is 1.02. The van der Waals surface area contributed by atoms with Gasteiger partial charge in [-0.2, -0.15) is 0 Å². The van der Waals surface area contributed by atoms with Crippen LogP contribution >= 0.6 is 0 Å². The lowest BCUT2D eigenvalue weighted by Gasteiger charge is -2.49. The van der Waals surface area contributed by atoms with Gasteiger partial charge in [0.2, 0.25) is 0 Å². The number of anilines is 2. The van der Waals surface area contributed by atoms with Crippen LogP contribution in [0.15, 0.2) is 30.3 Å². The Balaban J connectivity index is 1.39. The van der Waals surface area contributed by atoms with E-state index in [1.807, 2.05) is 24.3 Å². The number of aromatic nitrogens is 2. The van der Waals surface area contributed by atoms with Crippen LogP contribution in [0, 0.1) is 0 Å². The maximum atomic E-state index is 10.2. The van der Waals surface area contributed by atoms with Gasteiger partial charge in [0.1, 0.15) is 5.75 Å². The molecule has 2 saturated heterocycles. The van der Waals surface area contributed by atoms with Crippen molar-refractivity contribution in [2.24, 2.45) is 0 Å². The SMILES string of the molecule is Oc1ccccc1-c1cc2c(nn1)NCC1(CCCN(C3CCNCC3)C1)N2. The maximum absolute atomic E-state index is 10.2. The Morgan fingerprint density at radius 2 is 2.00 bits per heavy atom. The Hall–Kier alpha value is -2.38. The fraction of sp³-hybridized carbons (Fsp3) is 0.524. The summed E-state index contributed by atoms with van der Waals surface area (Å²) >= 11 is 0. The van der Waals surface area contributed by atoms with Crippen LogP contribution in [0.4, 0.5) is 11.5 Å². The summed E-state index contributed by atoms with van der Waals surface area (Å²) in [6.07, 6.45) is 4.83. The molecule has 28 heavy (non-hydrogen) atoms. The molecule has 5 rings (SSSR count). The number of fused-ring (bicyclic) bond motifs is 1. The van der Waals surface area contributed by atoms with Gasteiger partial charge < -0.3 is 21.1 Å². The monoisotopic (exact) mass is 380 g/mol.